The molecule has 1 aromatic carbocycles. The quantitative estimate of drug-likeness (QED) is 0.907. The first-order valence-electron chi connectivity index (χ1n) is 7.41. The van der Waals surface area contributed by atoms with Gasteiger partial charge in [0, 0.05) is 24.7 Å². The van der Waals surface area contributed by atoms with Crippen LogP contribution in [0.3, 0.4) is 0 Å². The van der Waals surface area contributed by atoms with Crippen LogP contribution in [0.25, 0.3) is 0 Å². The minimum absolute atomic E-state index is 0.0949. The fraction of sp³-hybridized carbons (Fsp3) is 0.333. The maximum Gasteiger partial charge on any atom is 0.231 e. The number of fused-ring (bicyclic) bond motifs is 1. The summed E-state index contributed by atoms with van der Waals surface area (Å²) in [5.41, 5.74) is 0.700. The van der Waals surface area contributed by atoms with Crippen molar-refractivity contribution in [1.82, 2.24) is 10.2 Å². The van der Waals surface area contributed by atoms with Gasteiger partial charge in [0.15, 0.2) is 11.5 Å². The third-order valence-electron chi connectivity index (χ3n) is 3.92. The summed E-state index contributed by atoms with van der Waals surface area (Å²) in [6.45, 7) is 2.31. The third kappa shape index (κ3) is 2.67. The Bertz CT molecular complexity index is 822. The molecule has 8 nitrogen and oxygen atoms in total. The molecule has 0 bridgehead atoms. The Morgan fingerprint density at radius 3 is 2.96 bits per heavy atom. The van der Waals surface area contributed by atoms with Gasteiger partial charge in [0.2, 0.25) is 23.7 Å². The molecule has 1 N–H and O–H groups in total. The summed E-state index contributed by atoms with van der Waals surface area (Å²) in [6.07, 6.45) is 0.165. The molecule has 4 rings (SSSR count). The summed E-state index contributed by atoms with van der Waals surface area (Å²) in [6, 6.07) is 5.32. The van der Waals surface area contributed by atoms with E-state index >= 15 is 0 Å². The molecule has 124 valence electrons. The standard InChI is InChI=1S/C15H14N4O4S/c1-8-17-18-15(24-8)16-14(21)9-4-13(20)19(6-9)10-2-3-11-12(5-10)23-7-22-11/h2-3,5,9H,4,6-7H2,1H3,(H,16,18,21)/t9-/m1/s1. The Morgan fingerprint density at radius 2 is 2.17 bits per heavy atom. The molecule has 2 aliphatic heterocycles. The van der Waals surface area contributed by atoms with Gasteiger partial charge in [-0.15, -0.1) is 10.2 Å². The van der Waals surface area contributed by atoms with Gasteiger partial charge < -0.3 is 19.7 Å². The summed E-state index contributed by atoms with van der Waals surface area (Å²) >= 11 is 1.30. The van der Waals surface area contributed by atoms with Crippen LogP contribution in [0.4, 0.5) is 10.8 Å². The number of carbonyl (C=O) groups excluding carboxylic acids is 2. The summed E-state index contributed by atoms with van der Waals surface area (Å²) in [7, 11) is 0. The van der Waals surface area contributed by atoms with Crippen molar-refractivity contribution >= 4 is 34.0 Å². The molecular formula is C15H14N4O4S. The van der Waals surface area contributed by atoms with Gasteiger partial charge in [-0.2, -0.15) is 0 Å². The smallest absolute Gasteiger partial charge is 0.231 e. The lowest BCUT2D eigenvalue weighted by Gasteiger charge is -2.16. The monoisotopic (exact) mass is 346 g/mol. The SMILES string of the molecule is Cc1nnc(NC(=O)[C@@H]2CC(=O)N(c3ccc4c(c3)OCO4)C2)s1. The topological polar surface area (TPSA) is 93.7 Å². The van der Waals surface area contributed by atoms with Crippen LogP contribution in [-0.2, 0) is 9.59 Å². The average Bonchev–Trinajstić information content (AvgIpc) is 3.26. The van der Waals surface area contributed by atoms with Gasteiger partial charge in [-0.1, -0.05) is 11.3 Å². The van der Waals surface area contributed by atoms with Gasteiger partial charge in [0.1, 0.15) is 5.01 Å². The van der Waals surface area contributed by atoms with E-state index in [1.807, 2.05) is 6.92 Å². The maximum atomic E-state index is 12.3. The van der Waals surface area contributed by atoms with E-state index in [-0.39, 0.29) is 25.0 Å². The average molecular weight is 346 g/mol. The van der Waals surface area contributed by atoms with E-state index in [1.165, 1.54) is 11.3 Å². The number of aryl methyl sites for hydroxylation is 1. The number of anilines is 2. The highest BCUT2D eigenvalue weighted by atomic mass is 32.1. The van der Waals surface area contributed by atoms with E-state index in [0.717, 1.165) is 5.01 Å². The molecule has 1 atom stereocenters. The highest BCUT2D eigenvalue weighted by Gasteiger charge is 2.36. The van der Waals surface area contributed by atoms with E-state index < -0.39 is 5.92 Å². The van der Waals surface area contributed by atoms with Gasteiger partial charge in [-0.25, -0.2) is 0 Å². The minimum atomic E-state index is -0.424. The molecule has 2 aliphatic rings. The number of rotatable bonds is 3. The summed E-state index contributed by atoms with van der Waals surface area (Å²) in [5, 5.41) is 11.7. The number of ether oxygens (including phenoxy) is 2. The van der Waals surface area contributed by atoms with Gasteiger partial charge in [-0.05, 0) is 19.1 Å². The lowest BCUT2D eigenvalue weighted by molar-refractivity contribution is -0.122. The molecule has 1 fully saturated rings. The first-order valence-corrected chi connectivity index (χ1v) is 8.23. The number of benzene rings is 1. The normalized spacial score (nSPS) is 19.0. The number of hydrogen-bond acceptors (Lipinski definition) is 7. The molecule has 0 unspecified atom stereocenters. The molecule has 0 aliphatic carbocycles. The third-order valence-corrected chi connectivity index (χ3v) is 4.67. The van der Waals surface area contributed by atoms with Crippen molar-refractivity contribution in [2.45, 2.75) is 13.3 Å². The first-order chi connectivity index (χ1) is 11.6. The second-order valence-corrected chi connectivity index (χ2v) is 6.74. The molecule has 2 amide bonds. The zero-order valence-electron chi connectivity index (χ0n) is 12.8. The van der Waals surface area contributed by atoms with E-state index in [0.29, 0.717) is 28.9 Å². The fourth-order valence-electron chi connectivity index (χ4n) is 2.74. The van der Waals surface area contributed by atoms with E-state index in [2.05, 4.69) is 15.5 Å². The number of carbonyl (C=O) groups is 2. The predicted octanol–water partition coefficient (Wildman–Crippen LogP) is 1.57. The molecule has 1 saturated heterocycles. The Balaban J connectivity index is 1.47. The Morgan fingerprint density at radius 1 is 1.33 bits per heavy atom. The fourth-order valence-corrected chi connectivity index (χ4v) is 3.34. The second kappa shape index (κ2) is 5.75. The number of nitrogens with zero attached hydrogens (tertiary/aromatic N) is 3. The van der Waals surface area contributed by atoms with Crippen LogP contribution in [0.5, 0.6) is 11.5 Å². The van der Waals surface area contributed by atoms with Crippen LogP contribution < -0.4 is 19.7 Å². The van der Waals surface area contributed by atoms with Crippen molar-refractivity contribution in [1.29, 1.82) is 0 Å². The highest BCUT2D eigenvalue weighted by Crippen LogP contribution is 2.37. The Kier molecular flexibility index (Phi) is 3.57. The number of aromatic nitrogens is 2. The van der Waals surface area contributed by atoms with Crippen LogP contribution >= 0.6 is 11.3 Å². The van der Waals surface area contributed by atoms with Crippen molar-refractivity contribution in [3.05, 3.63) is 23.2 Å². The molecule has 0 spiro atoms. The van der Waals surface area contributed by atoms with E-state index in [4.69, 9.17) is 9.47 Å². The molecule has 2 aromatic rings. The van der Waals surface area contributed by atoms with Crippen LogP contribution in [0.15, 0.2) is 18.2 Å². The number of amides is 2. The van der Waals surface area contributed by atoms with Crippen molar-refractivity contribution < 1.29 is 19.1 Å². The molecule has 9 heteroatoms. The minimum Gasteiger partial charge on any atom is -0.454 e. The van der Waals surface area contributed by atoms with E-state index in [1.54, 1.807) is 23.1 Å². The Hall–Kier alpha value is -2.68. The van der Waals surface area contributed by atoms with Crippen molar-refractivity contribution in [3.63, 3.8) is 0 Å². The van der Waals surface area contributed by atoms with Crippen LogP contribution in [-0.4, -0.2) is 35.3 Å². The van der Waals surface area contributed by atoms with Gasteiger partial charge >= 0.3 is 0 Å². The number of hydrogen-bond donors (Lipinski definition) is 1. The molecule has 1 aromatic heterocycles. The molecule has 3 heterocycles. The molecular weight excluding hydrogens is 332 g/mol. The highest BCUT2D eigenvalue weighted by molar-refractivity contribution is 7.15. The lowest BCUT2D eigenvalue weighted by atomic mass is 10.1. The number of nitrogens with one attached hydrogen (secondary N) is 1. The summed E-state index contributed by atoms with van der Waals surface area (Å²) in [4.78, 5) is 26.2. The molecule has 24 heavy (non-hydrogen) atoms. The van der Waals surface area contributed by atoms with Gasteiger partial charge in [-0.3, -0.25) is 9.59 Å². The van der Waals surface area contributed by atoms with Crippen molar-refractivity contribution in [2.75, 3.05) is 23.6 Å². The van der Waals surface area contributed by atoms with Crippen molar-refractivity contribution in [3.8, 4) is 11.5 Å². The van der Waals surface area contributed by atoms with Crippen LogP contribution in [0, 0.1) is 12.8 Å². The molecule has 0 saturated carbocycles. The van der Waals surface area contributed by atoms with Crippen molar-refractivity contribution in [2.24, 2.45) is 5.92 Å². The van der Waals surface area contributed by atoms with E-state index in [9.17, 15) is 9.59 Å². The largest absolute Gasteiger partial charge is 0.454 e. The predicted molar refractivity (Wildman–Crippen MR) is 86.3 cm³/mol. The zero-order valence-corrected chi connectivity index (χ0v) is 13.6. The first kappa shape index (κ1) is 14.9. The summed E-state index contributed by atoms with van der Waals surface area (Å²) in [5.74, 6) is 0.529. The second-order valence-electron chi connectivity index (χ2n) is 5.56. The van der Waals surface area contributed by atoms with Gasteiger partial charge in [0.25, 0.3) is 0 Å². The Labute approximate surface area is 141 Å². The summed E-state index contributed by atoms with van der Waals surface area (Å²) < 4.78 is 10.6. The van der Waals surface area contributed by atoms with Crippen LogP contribution in [0.1, 0.15) is 11.4 Å². The van der Waals surface area contributed by atoms with Gasteiger partial charge in [0.05, 0.1) is 5.92 Å². The molecule has 0 radical (unpaired) electrons. The zero-order chi connectivity index (χ0) is 16.7. The maximum absolute atomic E-state index is 12.3. The van der Waals surface area contributed by atoms with Crippen LogP contribution in [0.2, 0.25) is 0 Å². The lowest BCUT2D eigenvalue weighted by Crippen LogP contribution is -2.28.